The van der Waals surface area contributed by atoms with E-state index in [1.165, 1.54) is 17.8 Å². The number of carbonyl (C=O) groups excluding carboxylic acids is 1. The Morgan fingerprint density at radius 2 is 1.98 bits per heavy atom. The number of terminal acetylenes is 1. The number of esters is 1. The molecule has 250 valence electrons. The second-order valence-electron chi connectivity index (χ2n) is 12.5. The monoisotopic (exact) mass is 668 g/mol. The average Bonchev–Trinajstić information content (AvgIpc) is 3.56. The summed E-state index contributed by atoms with van der Waals surface area (Å²) in [7, 11) is -2.79. The van der Waals surface area contributed by atoms with Crippen molar-refractivity contribution in [3.63, 3.8) is 0 Å². The second kappa shape index (κ2) is 13.2. The van der Waals surface area contributed by atoms with Crippen molar-refractivity contribution >= 4 is 41.5 Å². The molecular weight excluding hydrogens is 630 g/mol. The Hall–Kier alpha value is -4.12. The Kier molecular flexibility index (Phi) is 9.59. The summed E-state index contributed by atoms with van der Waals surface area (Å²) in [6.45, 7) is 8.27. The van der Waals surface area contributed by atoms with Crippen LogP contribution in [0.3, 0.4) is 0 Å². The van der Waals surface area contributed by atoms with Crippen LogP contribution in [0.2, 0.25) is 0 Å². The topological polar surface area (TPSA) is 159 Å². The normalized spacial score (nSPS) is 23.3. The van der Waals surface area contributed by atoms with Gasteiger partial charge in [-0.3, -0.25) is 13.9 Å². The van der Waals surface area contributed by atoms with Gasteiger partial charge in [-0.05, 0) is 30.7 Å². The first-order chi connectivity index (χ1) is 22.2. The maximum absolute atomic E-state index is 16.4. The van der Waals surface area contributed by atoms with Crippen molar-refractivity contribution in [2.75, 3.05) is 25.6 Å². The molecule has 2 aromatic carbocycles. The minimum absolute atomic E-state index is 0.116. The number of aryl methyl sites for hydroxylation is 1. The first-order valence-corrected chi connectivity index (χ1v) is 16.5. The first-order valence-electron chi connectivity index (χ1n) is 14.9. The van der Waals surface area contributed by atoms with Crippen molar-refractivity contribution in [3.05, 3.63) is 54.6 Å². The quantitative estimate of drug-likeness (QED) is 0.115. The third-order valence-electron chi connectivity index (χ3n) is 7.42. The summed E-state index contributed by atoms with van der Waals surface area (Å²) < 4.78 is 55.1. The molecule has 1 aliphatic rings. The van der Waals surface area contributed by atoms with Gasteiger partial charge in [0.2, 0.25) is 5.67 Å². The standard InChI is InChI=1S/C32H38FN6O7P/c1-8-32(33)26(40)24(45-30(32)39-18-35-25-27(34-7)36-20(3)37-28(25)39)16-44-47(42,38-19(2)29(41)43-17-31(4,5)6)46-23-15-11-13-21-12-9-10-14-22(21)23/h1,9-15,18-19,24,26,30,40H,16-17H2,2-7H3,(H,38,42)(H,34,36,37)/t19-,24+,26+,30+,32+,47?/m0/s1. The van der Waals surface area contributed by atoms with Crippen molar-refractivity contribution < 1.29 is 37.4 Å². The lowest BCUT2D eigenvalue weighted by molar-refractivity contribution is -0.148. The molecule has 15 heteroatoms. The van der Waals surface area contributed by atoms with Gasteiger partial charge >= 0.3 is 13.7 Å². The predicted octanol–water partition coefficient (Wildman–Crippen LogP) is 4.70. The van der Waals surface area contributed by atoms with Gasteiger partial charge in [-0.2, -0.15) is 5.09 Å². The van der Waals surface area contributed by atoms with Gasteiger partial charge in [0.15, 0.2) is 23.2 Å². The molecule has 0 aliphatic carbocycles. The molecule has 0 amide bonds. The highest BCUT2D eigenvalue weighted by Crippen LogP contribution is 2.49. The molecule has 2 aromatic heterocycles. The summed E-state index contributed by atoms with van der Waals surface area (Å²) in [5.74, 6) is 2.30. The maximum Gasteiger partial charge on any atom is 0.459 e. The molecule has 3 heterocycles. The smallest absolute Gasteiger partial charge is 0.459 e. The lowest BCUT2D eigenvalue weighted by atomic mass is 9.97. The van der Waals surface area contributed by atoms with E-state index in [0.717, 1.165) is 5.39 Å². The lowest BCUT2D eigenvalue weighted by Gasteiger charge is -2.26. The van der Waals surface area contributed by atoms with Gasteiger partial charge in [0.1, 0.15) is 29.8 Å². The number of nitrogens with one attached hydrogen (secondary N) is 2. The molecule has 0 saturated carbocycles. The van der Waals surface area contributed by atoms with Gasteiger partial charge in [-0.15, -0.1) is 6.42 Å². The number of rotatable bonds is 11. The van der Waals surface area contributed by atoms with Crippen molar-refractivity contribution in [2.24, 2.45) is 5.41 Å². The number of aromatic nitrogens is 4. The first kappa shape index (κ1) is 34.2. The van der Waals surface area contributed by atoms with Gasteiger partial charge in [-0.1, -0.05) is 63.1 Å². The van der Waals surface area contributed by atoms with Crippen molar-refractivity contribution in [1.82, 2.24) is 24.6 Å². The lowest BCUT2D eigenvalue weighted by Crippen LogP contribution is -2.42. The van der Waals surface area contributed by atoms with Crippen LogP contribution in [0.15, 0.2) is 48.8 Å². The van der Waals surface area contributed by atoms with Gasteiger partial charge in [0, 0.05) is 12.4 Å². The summed E-state index contributed by atoms with van der Waals surface area (Å²) in [6.07, 6.45) is 1.95. The molecule has 1 unspecified atom stereocenters. The van der Waals surface area contributed by atoms with Gasteiger partial charge in [0.25, 0.3) is 0 Å². The van der Waals surface area contributed by atoms with Crippen LogP contribution < -0.4 is 14.9 Å². The third-order valence-corrected chi connectivity index (χ3v) is 9.05. The third kappa shape index (κ3) is 7.10. The summed E-state index contributed by atoms with van der Waals surface area (Å²) in [5, 5.41) is 18.1. The van der Waals surface area contributed by atoms with Gasteiger partial charge in [-0.25, -0.2) is 23.9 Å². The van der Waals surface area contributed by atoms with E-state index in [9.17, 15) is 14.5 Å². The van der Waals surface area contributed by atoms with E-state index in [1.54, 1.807) is 38.2 Å². The number of alkyl halides is 1. The average molecular weight is 669 g/mol. The number of halogens is 1. The van der Waals surface area contributed by atoms with Gasteiger partial charge in [0.05, 0.1) is 19.5 Å². The number of carbonyl (C=O) groups is 1. The number of aliphatic hydroxyl groups excluding tert-OH is 1. The molecule has 4 aromatic rings. The molecule has 5 rings (SSSR count). The van der Waals surface area contributed by atoms with E-state index in [-0.39, 0.29) is 23.4 Å². The zero-order chi connectivity index (χ0) is 34.1. The summed E-state index contributed by atoms with van der Waals surface area (Å²) in [5.41, 5.74) is -2.53. The number of ether oxygens (including phenoxy) is 2. The highest BCUT2D eigenvalue weighted by atomic mass is 31.2. The predicted molar refractivity (Wildman–Crippen MR) is 173 cm³/mol. The fourth-order valence-electron chi connectivity index (χ4n) is 5.05. The number of hydrogen-bond acceptors (Lipinski definition) is 11. The van der Waals surface area contributed by atoms with Crippen molar-refractivity contribution in [3.8, 4) is 18.1 Å². The minimum atomic E-state index is -4.45. The minimum Gasteiger partial charge on any atom is -0.464 e. The van der Waals surface area contributed by atoms with E-state index in [4.69, 9.17) is 24.9 Å². The zero-order valence-corrected chi connectivity index (χ0v) is 27.8. The number of benzene rings is 2. The van der Waals surface area contributed by atoms with E-state index in [0.29, 0.717) is 22.5 Å². The highest BCUT2D eigenvalue weighted by Gasteiger charge is 2.58. The van der Waals surface area contributed by atoms with E-state index >= 15 is 4.39 Å². The van der Waals surface area contributed by atoms with Crippen LogP contribution in [0, 0.1) is 24.7 Å². The number of hydrogen-bond donors (Lipinski definition) is 3. The van der Waals surface area contributed by atoms with Crippen molar-refractivity contribution in [2.45, 2.75) is 64.8 Å². The molecule has 0 bridgehead atoms. The van der Waals surface area contributed by atoms with Crippen LogP contribution in [0.25, 0.3) is 21.9 Å². The highest BCUT2D eigenvalue weighted by molar-refractivity contribution is 7.52. The SMILES string of the molecule is C#C[C@@]1(F)[C@H](O)[C@@H](COP(=O)(N[C@@H](C)C(=O)OCC(C)(C)C)Oc2cccc3ccccc23)O[C@H]1n1cnc2c(NC)nc(C)nc21. The molecule has 6 atom stereocenters. The zero-order valence-electron chi connectivity index (χ0n) is 26.9. The molecule has 0 radical (unpaired) electrons. The van der Waals surface area contributed by atoms with Crippen LogP contribution in [-0.4, -0.2) is 74.8 Å². The molecule has 0 spiro atoms. The summed E-state index contributed by atoms with van der Waals surface area (Å²) >= 11 is 0. The van der Waals surface area contributed by atoms with Crippen LogP contribution in [0.1, 0.15) is 39.7 Å². The Bertz CT molecular complexity index is 1870. The molecule has 47 heavy (non-hydrogen) atoms. The summed E-state index contributed by atoms with van der Waals surface area (Å²) in [6, 6.07) is 11.3. The molecule has 1 fully saturated rings. The number of nitrogens with zero attached hydrogens (tertiary/aromatic N) is 4. The van der Waals surface area contributed by atoms with E-state index in [2.05, 4.69) is 25.4 Å². The number of anilines is 1. The number of imidazole rings is 1. The number of aliphatic hydroxyl groups is 1. The van der Waals surface area contributed by atoms with Crippen molar-refractivity contribution in [1.29, 1.82) is 0 Å². The molecular formula is C32H38FN6O7P. The van der Waals surface area contributed by atoms with Crippen LogP contribution in [-0.2, 0) is 23.4 Å². The molecule has 3 N–H and O–H groups in total. The Labute approximate surface area is 271 Å². The Morgan fingerprint density at radius 3 is 2.68 bits per heavy atom. The Balaban J connectivity index is 1.43. The molecule has 1 aliphatic heterocycles. The Morgan fingerprint density at radius 1 is 1.26 bits per heavy atom. The number of fused-ring (bicyclic) bond motifs is 2. The van der Waals surface area contributed by atoms with Crippen LogP contribution in [0.4, 0.5) is 10.2 Å². The fourth-order valence-corrected chi connectivity index (χ4v) is 6.57. The second-order valence-corrected chi connectivity index (χ2v) is 14.2. The molecule has 13 nitrogen and oxygen atoms in total. The summed E-state index contributed by atoms with van der Waals surface area (Å²) in [4.78, 5) is 25.8. The van der Waals surface area contributed by atoms with Crippen LogP contribution in [0.5, 0.6) is 5.75 Å². The molecule has 1 saturated heterocycles. The van der Waals surface area contributed by atoms with Gasteiger partial charge < -0.3 is 24.4 Å². The fraction of sp³-hybridized carbons (Fsp3) is 0.438. The largest absolute Gasteiger partial charge is 0.464 e. The maximum atomic E-state index is 16.4. The van der Waals surface area contributed by atoms with E-state index in [1.807, 2.05) is 44.9 Å². The van der Waals surface area contributed by atoms with Crippen LogP contribution >= 0.6 is 7.75 Å². The van der Waals surface area contributed by atoms with E-state index < -0.39 is 50.5 Å².